The molecule has 1 aromatic heterocycles. The van der Waals surface area contributed by atoms with E-state index in [9.17, 15) is 9.59 Å². The normalized spacial score (nSPS) is 13.4. The summed E-state index contributed by atoms with van der Waals surface area (Å²) < 4.78 is 16.5. The van der Waals surface area contributed by atoms with Gasteiger partial charge in [0, 0.05) is 23.7 Å². The fourth-order valence-corrected chi connectivity index (χ4v) is 4.23. The van der Waals surface area contributed by atoms with Crippen molar-refractivity contribution in [2.24, 2.45) is 0 Å². The first-order valence-electron chi connectivity index (χ1n) is 11.5. The van der Waals surface area contributed by atoms with Gasteiger partial charge in [0.1, 0.15) is 12.4 Å². The Balaban J connectivity index is 1.52. The number of carbonyl (C=O) groups excluding carboxylic acids is 2. The third kappa shape index (κ3) is 5.59. The summed E-state index contributed by atoms with van der Waals surface area (Å²) in [7, 11) is 1.51. The number of methoxy groups -OCH3 is 1. The molecule has 0 bridgehead atoms. The van der Waals surface area contributed by atoms with Crippen LogP contribution < -0.4 is 14.8 Å². The predicted molar refractivity (Wildman–Crippen MR) is 132 cm³/mol. The molecule has 0 saturated carbocycles. The number of hydrogen-bond donors (Lipinski definition) is 1. The number of likely N-dealkylation sites (tertiary alicyclic amines) is 1. The van der Waals surface area contributed by atoms with Crippen LogP contribution in [0.4, 0.5) is 5.69 Å². The number of ether oxygens (including phenoxy) is 2. The van der Waals surface area contributed by atoms with Gasteiger partial charge in [0.05, 0.1) is 29.6 Å². The molecular weight excluding hydrogens is 470 g/mol. The minimum absolute atomic E-state index is 0.114. The number of piperidine rings is 1. The lowest BCUT2D eigenvalue weighted by Crippen LogP contribution is -2.36. The van der Waals surface area contributed by atoms with Crippen molar-refractivity contribution < 1.29 is 23.6 Å². The van der Waals surface area contributed by atoms with E-state index in [2.05, 4.69) is 10.5 Å². The molecular formula is C26H28ClN3O5. The molecule has 1 fully saturated rings. The van der Waals surface area contributed by atoms with Gasteiger partial charge in [-0.05, 0) is 69.5 Å². The SMILES string of the molecule is COc1cc(C(=O)Nc2cc(Cl)ccc2C(=O)N2CCCCC2)ccc1OCc1c(C)noc1C. The first-order valence-corrected chi connectivity index (χ1v) is 11.9. The summed E-state index contributed by atoms with van der Waals surface area (Å²) in [6.45, 7) is 5.35. The van der Waals surface area contributed by atoms with E-state index in [1.54, 1.807) is 36.4 Å². The lowest BCUT2D eigenvalue weighted by atomic mass is 10.1. The lowest BCUT2D eigenvalue weighted by molar-refractivity contribution is 0.0725. The quantitative estimate of drug-likeness (QED) is 0.469. The number of benzene rings is 2. The Labute approximate surface area is 209 Å². The number of amides is 2. The molecule has 8 nitrogen and oxygen atoms in total. The molecule has 9 heteroatoms. The van der Waals surface area contributed by atoms with Crippen LogP contribution in [0.3, 0.4) is 0 Å². The Hall–Kier alpha value is -3.52. The van der Waals surface area contributed by atoms with E-state index in [0.717, 1.165) is 30.5 Å². The van der Waals surface area contributed by atoms with E-state index >= 15 is 0 Å². The second-order valence-electron chi connectivity index (χ2n) is 8.45. The van der Waals surface area contributed by atoms with Crippen molar-refractivity contribution in [2.75, 3.05) is 25.5 Å². The maximum Gasteiger partial charge on any atom is 0.255 e. The van der Waals surface area contributed by atoms with Crippen LogP contribution in [0.1, 0.15) is 57.0 Å². The number of aryl methyl sites for hydroxylation is 2. The van der Waals surface area contributed by atoms with E-state index < -0.39 is 5.91 Å². The van der Waals surface area contributed by atoms with Crippen LogP contribution in [0.15, 0.2) is 40.9 Å². The standard InChI is InChI=1S/C26H28ClN3O5/c1-16-21(17(2)35-29-16)15-34-23-10-7-18(13-24(23)33-3)25(31)28-22-14-19(27)8-9-20(22)26(32)30-11-5-4-6-12-30/h7-10,13-14H,4-6,11-12,15H2,1-3H3,(H,28,31). The zero-order valence-corrected chi connectivity index (χ0v) is 20.8. The smallest absolute Gasteiger partial charge is 0.255 e. The first-order chi connectivity index (χ1) is 16.9. The summed E-state index contributed by atoms with van der Waals surface area (Å²) in [6.07, 6.45) is 3.07. The second-order valence-corrected chi connectivity index (χ2v) is 8.89. The van der Waals surface area contributed by atoms with Crippen LogP contribution in [0, 0.1) is 13.8 Å². The van der Waals surface area contributed by atoms with Crippen molar-refractivity contribution in [2.45, 2.75) is 39.7 Å². The minimum atomic E-state index is -0.393. The van der Waals surface area contributed by atoms with Gasteiger partial charge in [0.15, 0.2) is 11.5 Å². The van der Waals surface area contributed by atoms with Crippen molar-refractivity contribution in [3.05, 3.63) is 69.6 Å². The Morgan fingerprint density at radius 2 is 1.86 bits per heavy atom. The molecule has 0 spiro atoms. The Morgan fingerprint density at radius 1 is 1.09 bits per heavy atom. The molecule has 0 atom stereocenters. The zero-order valence-electron chi connectivity index (χ0n) is 20.0. The number of rotatable bonds is 7. The van der Waals surface area contributed by atoms with Gasteiger partial charge in [0.2, 0.25) is 0 Å². The highest BCUT2D eigenvalue weighted by atomic mass is 35.5. The van der Waals surface area contributed by atoms with Crippen LogP contribution in [0.5, 0.6) is 11.5 Å². The number of nitrogens with one attached hydrogen (secondary N) is 1. The van der Waals surface area contributed by atoms with Crippen LogP contribution in [0.2, 0.25) is 5.02 Å². The van der Waals surface area contributed by atoms with Gasteiger partial charge in [-0.15, -0.1) is 0 Å². The Bertz CT molecular complexity index is 1210. The van der Waals surface area contributed by atoms with E-state index in [1.165, 1.54) is 7.11 Å². The third-order valence-corrected chi connectivity index (χ3v) is 6.32. The van der Waals surface area contributed by atoms with Gasteiger partial charge in [-0.3, -0.25) is 9.59 Å². The molecule has 1 saturated heterocycles. The van der Waals surface area contributed by atoms with Gasteiger partial charge in [-0.2, -0.15) is 0 Å². The van der Waals surface area contributed by atoms with Gasteiger partial charge in [0.25, 0.3) is 11.8 Å². The monoisotopic (exact) mass is 497 g/mol. The van der Waals surface area contributed by atoms with E-state index in [4.69, 9.17) is 25.6 Å². The van der Waals surface area contributed by atoms with Crippen molar-refractivity contribution in [1.82, 2.24) is 10.1 Å². The van der Waals surface area contributed by atoms with E-state index in [-0.39, 0.29) is 12.5 Å². The maximum atomic E-state index is 13.1. The average molecular weight is 498 g/mol. The van der Waals surface area contributed by atoms with Crippen molar-refractivity contribution in [3.63, 3.8) is 0 Å². The maximum absolute atomic E-state index is 13.1. The van der Waals surface area contributed by atoms with Gasteiger partial charge < -0.3 is 24.2 Å². The van der Waals surface area contributed by atoms with E-state index in [0.29, 0.717) is 52.2 Å². The van der Waals surface area contributed by atoms with Crippen molar-refractivity contribution >= 4 is 29.1 Å². The molecule has 1 aliphatic heterocycles. The van der Waals surface area contributed by atoms with Crippen LogP contribution >= 0.6 is 11.6 Å². The largest absolute Gasteiger partial charge is 0.493 e. The predicted octanol–water partition coefficient (Wildman–Crippen LogP) is 5.41. The highest BCUT2D eigenvalue weighted by Gasteiger charge is 2.22. The zero-order chi connectivity index (χ0) is 24.9. The lowest BCUT2D eigenvalue weighted by Gasteiger charge is -2.27. The topological polar surface area (TPSA) is 93.9 Å². The van der Waals surface area contributed by atoms with E-state index in [1.807, 2.05) is 18.7 Å². The summed E-state index contributed by atoms with van der Waals surface area (Å²) in [5, 5.41) is 7.19. The molecule has 35 heavy (non-hydrogen) atoms. The molecule has 0 aliphatic carbocycles. The first kappa shape index (κ1) is 24.6. The number of nitrogens with zero attached hydrogens (tertiary/aromatic N) is 2. The number of hydrogen-bond acceptors (Lipinski definition) is 6. The highest BCUT2D eigenvalue weighted by molar-refractivity contribution is 6.31. The summed E-state index contributed by atoms with van der Waals surface area (Å²) in [4.78, 5) is 28.0. The molecule has 0 unspecified atom stereocenters. The second kappa shape index (κ2) is 10.8. The molecule has 2 aromatic carbocycles. The van der Waals surface area contributed by atoms with Crippen molar-refractivity contribution in [1.29, 1.82) is 0 Å². The minimum Gasteiger partial charge on any atom is -0.493 e. The summed E-state index contributed by atoms with van der Waals surface area (Å²) in [5.74, 6) is 1.06. The number of carbonyl (C=O) groups is 2. The summed E-state index contributed by atoms with van der Waals surface area (Å²) >= 11 is 6.18. The molecule has 4 rings (SSSR count). The van der Waals surface area contributed by atoms with Crippen LogP contribution in [-0.4, -0.2) is 42.1 Å². The van der Waals surface area contributed by atoms with Crippen molar-refractivity contribution in [3.8, 4) is 11.5 Å². The number of halogens is 1. The Kier molecular flexibility index (Phi) is 7.60. The average Bonchev–Trinajstić information content (AvgIpc) is 3.19. The molecule has 2 heterocycles. The third-order valence-electron chi connectivity index (χ3n) is 6.08. The van der Waals surface area contributed by atoms with Gasteiger partial charge >= 0.3 is 0 Å². The Morgan fingerprint density at radius 3 is 2.54 bits per heavy atom. The van der Waals surface area contributed by atoms with Crippen LogP contribution in [-0.2, 0) is 6.61 Å². The summed E-state index contributed by atoms with van der Waals surface area (Å²) in [5.41, 5.74) is 2.75. The highest BCUT2D eigenvalue weighted by Crippen LogP contribution is 2.31. The molecule has 184 valence electrons. The molecule has 0 radical (unpaired) electrons. The molecule has 3 aromatic rings. The van der Waals surface area contributed by atoms with Gasteiger partial charge in [-0.25, -0.2) is 0 Å². The fourth-order valence-electron chi connectivity index (χ4n) is 4.05. The van der Waals surface area contributed by atoms with Crippen LogP contribution in [0.25, 0.3) is 0 Å². The molecule has 1 aliphatic rings. The molecule has 2 amide bonds. The number of anilines is 1. The van der Waals surface area contributed by atoms with Gasteiger partial charge in [-0.1, -0.05) is 16.8 Å². The molecule has 1 N–H and O–H groups in total. The fraction of sp³-hybridized carbons (Fsp3) is 0.346. The summed E-state index contributed by atoms with van der Waals surface area (Å²) in [6, 6.07) is 9.80. The number of aromatic nitrogens is 1.